The minimum Gasteiger partial charge on any atom is -0.379 e. The van der Waals surface area contributed by atoms with Crippen molar-refractivity contribution in [3.8, 4) is 0 Å². The van der Waals surface area contributed by atoms with Crippen molar-refractivity contribution in [2.45, 2.75) is 18.5 Å². The summed E-state index contributed by atoms with van der Waals surface area (Å²) in [7, 11) is 0. The number of rotatable bonds is 3. The molecule has 1 fully saturated rings. The number of carbonyl (C=O) groups is 2. The number of fused-ring (bicyclic) bond motifs is 1. The Morgan fingerprint density at radius 2 is 1.67 bits per heavy atom. The SMILES string of the molecule is O=C1c2ccccc2C(=O)N1[C@H]1CCOC[C@H]1Nc1ncc(Br)cn1.S.S. The summed E-state index contributed by atoms with van der Waals surface area (Å²) in [6.07, 6.45) is 3.84. The van der Waals surface area contributed by atoms with Crippen LogP contribution < -0.4 is 5.32 Å². The number of nitrogens with zero attached hydrogens (tertiary/aromatic N) is 3. The largest absolute Gasteiger partial charge is 0.379 e. The lowest BCUT2D eigenvalue weighted by Gasteiger charge is -2.36. The average molecular weight is 471 g/mol. The van der Waals surface area contributed by atoms with Crippen LogP contribution in [-0.2, 0) is 4.74 Å². The van der Waals surface area contributed by atoms with E-state index in [2.05, 4.69) is 31.2 Å². The fraction of sp³-hybridized carbons (Fsp3) is 0.294. The molecule has 2 aliphatic heterocycles. The van der Waals surface area contributed by atoms with Crippen LogP contribution in [0.3, 0.4) is 0 Å². The van der Waals surface area contributed by atoms with Crippen molar-refractivity contribution < 1.29 is 14.3 Å². The molecular formula is C17H19BrN4O3S2. The highest BCUT2D eigenvalue weighted by atomic mass is 79.9. The first kappa shape index (κ1) is 21.7. The van der Waals surface area contributed by atoms with Crippen molar-refractivity contribution in [1.29, 1.82) is 0 Å². The molecule has 0 radical (unpaired) electrons. The first-order valence-corrected chi connectivity index (χ1v) is 8.73. The molecule has 0 saturated carbocycles. The van der Waals surface area contributed by atoms with Gasteiger partial charge >= 0.3 is 0 Å². The molecule has 3 heterocycles. The second-order valence-corrected chi connectivity index (χ2v) is 6.85. The van der Waals surface area contributed by atoms with Crippen LogP contribution in [0.5, 0.6) is 0 Å². The van der Waals surface area contributed by atoms with Gasteiger partial charge in [0, 0.05) is 19.0 Å². The molecule has 4 rings (SSSR count). The van der Waals surface area contributed by atoms with Crippen LogP contribution in [-0.4, -0.2) is 52.0 Å². The summed E-state index contributed by atoms with van der Waals surface area (Å²) in [6, 6.07) is 6.33. The first-order valence-electron chi connectivity index (χ1n) is 7.94. The summed E-state index contributed by atoms with van der Waals surface area (Å²) in [5.41, 5.74) is 0.912. The van der Waals surface area contributed by atoms with Crippen molar-refractivity contribution in [3.05, 3.63) is 52.3 Å². The molecular weight excluding hydrogens is 452 g/mol. The third kappa shape index (κ3) is 4.13. The molecule has 27 heavy (non-hydrogen) atoms. The third-order valence-electron chi connectivity index (χ3n) is 4.41. The number of nitrogens with one attached hydrogen (secondary N) is 1. The molecule has 0 aliphatic carbocycles. The van der Waals surface area contributed by atoms with E-state index < -0.39 is 0 Å². The van der Waals surface area contributed by atoms with Crippen LogP contribution in [0.25, 0.3) is 0 Å². The van der Waals surface area contributed by atoms with Crippen LogP contribution in [0.2, 0.25) is 0 Å². The molecule has 7 nitrogen and oxygen atoms in total. The van der Waals surface area contributed by atoms with Gasteiger partial charge in [0.2, 0.25) is 5.95 Å². The number of aromatic nitrogens is 2. The highest BCUT2D eigenvalue weighted by Gasteiger charge is 2.43. The van der Waals surface area contributed by atoms with Gasteiger partial charge < -0.3 is 10.1 Å². The molecule has 0 bridgehead atoms. The number of benzene rings is 1. The first-order chi connectivity index (χ1) is 12.1. The van der Waals surface area contributed by atoms with Gasteiger partial charge in [-0.1, -0.05) is 12.1 Å². The van der Waals surface area contributed by atoms with Gasteiger partial charge in [0.25, 0.3) is 11.8 Å². The van der Waals surface area contributed by atoms with E-state index in [0.29, 0.717) is 36.7 Å². The maximum Gasteiger partial charge on any atom is 0.261 e. The van der Waals surface area contributed by atoms with E-state index in [4.69, 9.17) is 4.74 Å². The average Bonchev–Trinajstić information content (AvgIpc) is 2.89. The van der Waals surface area contributed by atoms with Gasteiger partial charge in [-0.05, 0) is 34.5 Å². The molecule has 1 saturated heterocycles. The lowest BCUT2D eigenvalue weighted by molar-refractivity contribution is 0.0233. The number of hydrogen-bond donors (Lipinski definition) is 1. The maximum absolute atomic E-state index is 12.7. The van der Waals surface area contributed by atoms with E-state index in [9.17, 15) is 9.59 Å². The molecule has 1 aromatic carbocycles. The highest BCUT2D eigenvalue weighted by molar-refractivity contribution is 9.10. The van der Waals surface area contributed by atoms with Crippen molar-refractivity contribution in [1.82, 2.24) is 14.9 Å². The molecule has 1 aromatic heterocycles. The Morgan fingerprint density at radius 3 is 2.26 bits per heavy atom. The summed E-state index contributed by atoms with van der Waals surface area (Å²) in [5, 5.41) is 3.19. The van der Waals surface area contributed by atoms with E-state index in [1.165, 1.54) is 4.90 Å². The Kier molecular flexibility index (Phi) is 7.26. The number of imide groups is 1. The summed E-state index contributed by atoms with van der Waals surface area (Å²) in [5.74, 6) is -0.0765. The van der Waals surface area contributed by atoms with Crippen molar-refractivity contribution >= 4 is 60.7 Å². The van der Waals surface area contributed by atoms with Crippen molar-refractivity contribution in [2.75, 3.05) is 18.5 Å². The Bertz CT molecular complexity index is 802. The van der Waals surface area contributed by atoms with Gasteiger partial charge in [0.05, 0.1) is 34.3 Å². The predicted molar refractivity (Wildman–Crippen MR) is 114 cm³/mol. The Hall–Kier alpha value is -1.62. The van der Waals surface area contributed by atoms with Gasteiger partial charge in [0.15, 0.2) is 0 Å². The Balaban J connectivity index is 0.00000131. The summed E-state index contributed by atoms with van der Waals surface area (Å²) in [6.45, 7) is 0.870. The standard InChI is InChI=1S/C17H15BrN4O3.2H2S/c18-10-7-19-17(20-8-10)21-13-9-25-6-5-14(13)22-15(23)11-3-1-2-4-12(11)16(22)24;;/h1-4,7-8,13-14H,5-6,9H2,(H,19,20,21);2*1H2/t13-,14+;;/m1../s1. The van der Waals surface area contributed by atoms with Gasteiger partial charge in [-0.3, -0.25) is 14.5 Å². The van der Waals surface area contributed by atoms with E-state index in [1.807, 2.05) is 0 Å². The van der Waals surface area contributed by atoms with Gasteiger partial charge in [0.1, 0.15) is 0 Å². The van der Waals surface area contributed by atoms with Crippen LogP contribution in [0.1, 0.15) is 27.1 Å². The molecule has 1 N–H and O–H groups in total. The number of anilines is 1. The monoisotopic (exact) mass is 470 g/mol. The highest BCUT2D eigenvalue weighted by Crippen LogP contribution is 2.29. The molecule has 2 atom stereocenters. The second kappa shape index (κ2) is 9.05. The van der Waals surface area contributed by atoms with Gasteiger partial charge in [-0.15, -0.1) is 0 Å². The third-order valence-corrected chi connectivity index (χ3v) is 4.82. The number of ether oxygens (including phenoxy) is 1. The second-order valence-electron chi connectivity index (χ2n) is 5.93. The van der Waals surface area contributed by atoms with Crippen molar-refractivity contribution in [2.24, 2.45) is 0 Å². The van der Waals surface area contributed by atoms with E-state index in [1.54, 1.807) is 36.7 Å². The quantitative estimate of drug-likeness (QED) is 0.692. The van der Waals surface area contributed by atoms with Crippen LogP contribution in [0.4, 0.5) is 5.95 Å². The molecule has 0 spiro atoms. The van der Waals surface area contributed by atoms with E-state index >= 15 is 0 Å². The molecule has 144 valence electrons. The summed E-state index contributed by atoms with van der Waals surface area (Å²) < 4.78 is 6.31. The van der Waals surface area contributed by atoms with Crippen LogP contribution >= 0.6 is 42.9 Å². The zero-order valence-electron chi connectivity index (χ0n) is 14.2. The smallest absolute Gasteiger partial charge is 0.261 e. The summed E-state index contributed by atoms with van der Waals surface area (Å²) in [4.78, 5) is 35.2. The van der Waals surface area contributed by atoms with E-state index in [0.717, 1.165) is 4.47 Å². The maximum atomic E-state index is 12.7. The molecule has 2 aromatic rings. The molecule has 0 unspecified atom stereocenters. The number of amides is 2. The summed E-state index contributed by atoms with van der Waals surface area (Å²) >= 11 is 3.29. The molecule has 10 heteroatoms. The van der Waals surface area contributed by atoms with Crippen molar-refractivity contribution in [3.63, 3.8) is 0 Å². The Morgan fingerprint density at radius 1 is 1.07 bits per heavy atom. The Labute approximate surface area is 178 Å². The lowest BCUT2D eigenvalue weighted by atomic mass is 10.0. The van der Waals surface area contributed by atoms with Crippen LogP contribution in [0, 0.1) is 0 Å². The molecule has 2 aliphatic rings. The minimum atomic E-state index is -0.312. The predicted octanol–water partition coefficient (Wildman–Crippen LogP) is 2.33. The van der Waals surface area contributed by atoms with Gasteiger partial charge in [-0.2, -0.15) is 27.0 Å². The zero-order valence-corrected chi connectivity index (χ0v) is 17.8. The normalized spacial score (nSPS) is 21.1. The zero-order chi connectivity index (χ0) is 17.4. The lowest BCUT2D eigenvalue weighted by Crippen LogP contribution is -2.54. The number of carbonyl (C=O) groups excluding carboxylic acids is 2. The topological polar surface area (TPSA) is 84.4 Å². The molecule has 2 amide bonds. The fourth-order valence-electron chi connectivity index (χ4n) is 3.24. The fourth-order valence-corrected chi connectivity index (χ4v) is 3.44. The number of hydrogen-bond acceptors (Lipinski definition) is 6. The van der Waals surface area contributed by atoms with Gasteiger partial charge in [-0.25, -0.2) is 9.97 Å². The van der Waals surface area contributed by atoms with E-state index in [-0.39, 0.29) is 50.9 Å². The van der Waals surface area contributed by atoms with Crippen LogP contribution in [0.15, 0.2) is 41.1 Å². The minimum absolute atomic E-state index is 0. The number of halogens is 1.